The molecular formula is C26H39ClO5. The molecule has 2 rings (SSSR count). The summed E-state index contributed by atoms with van der Waals surface area (Å²) in [5.74, 6) is -0.758. The number of phenolic OH excluding ortho intramolecular Hbond substituents is 1. The first kappa shape index (κ1) is 26.5. The van der Waals surface area contributed by atoms with E-state index in [1.807, 2.05) is 6.92 Å². The second kappa shape index (κ2) is 13.7. The van der Waals surface area contributed by atoms with E-state index in [9.17, 15) is 14.7 Å². The van der Waals surface area contributed by atoms with Gasteiger partial charge in [0.15, 0.2) is 0 Å². The number of unbranched alkanes of at least 4 members (excludes halogenated alkanes) is 12. The lowest BCUT2D eigenvalue weighted by Crippen LogP contribution is -2.44. The van der Waals surface area contributed by atoms with Crippen molar-refractivity contribution in [2.75, 3.05) is 0 Å². The molecular weight excluding hydrogens is 428 g/mol. The maximum Gasteiger partial charge on any atom is 0.333 e. The Morgan fingerprint density at radius 2 is 1.44 bits per heavy atom. The topological polar surface area (TPSA) is 83.8 Å². The Morgan fingerprint density at radius 1 is 0.938 bits per heavy atom. The van der Waals surface area contributed by atoms with Gasteiger partial charge in [0.2, 0.25) is 0 Å². The summed E-state index contributed by atoms with van der Waals surface area (Å²) < 4.78 is 5.42. The molecule has 0 spiro atoms. The van der Waals surface area contributed by atoms with Gasteiger partial charge >= 0.3 is 11.9 Å². The first-order valence-corrected chi connectivity index (χ1v) is 12.7. The van der Waals surface area contributed by atoms with Crippen molar-refractivity contribution < 1.29 is 24.5 Å². The molecule has 0 saturated carbocycles. The smallest absolute Gasteiger partial charge is 0.333 e. The van der Waals surface area contributed by atoms with Crippen LogP contribution in [0.3, 0.4) is 0 Å². The number of hydrogen-bond donors (Lipinski definition) is 2. The second-order valence-corrected chi connectivity index (χ2v) is 9.86. The Balaban J connectivity index is 1.50. The van der Waals surface area contributed by atoms with Crippen LogP contribution in [0.2, 0.25) is 0 Å². The number of ether oxygens (including phenoxy) is 1. The Labute approximate surface area is 197 Å². The Morgan fingerprint density at radius 3 is 1.97 bits per heavy atom. The average Bonchev–Trinajstić information content (AvgIpc) is 2.74. The third-order valence-electron chi connectivity index (χ3n) is 6.62. The average molecular weight is 467 g/mol. The van der Waals surface area contributed by atoms with Crippen molar-refractivity contribution in [1.82, 2.24) is 0 Å². The van der Waals surface area contributed by atoms with E-state index in [1.54, 1.807) is 12.1 Å². The fraction of sp³-hybridized carbons (Fsp3) is 0.692. The van der Waals surface area contributed by atoms with Crippen molar-refractivity contribution in [3.05, 3.63) is 23.8 Å². The van der Waals surface area contributed by atoms with Crippen molar-refractivity contribution in [3.8, 4) is 11.5 Å². The molecule has 0 aromatic heterocycles. The zero-order chi connectivity index (χ0) is 23.4. The van der Waals surface area contributed by atoms with E-state index in [1.165, 1.54) is 51.0 Å². The number of aromatic hydroxyl groups is 1. The van der Waals surface area contributed by atoms with Crippen molar-refractivity contribution in [2.45, 2.75) is 114 Å². The number of esters is 1. The van der Waals surface area contributed by atoms with Gasteiger partial charge in [-0.2, -0.15) is 0 Å². The first-order chi connectivity index (χ1) is 15.3. The maximum absolute atomic E-state index is 12.5. The minimum atomic E-state index is -1.03. The second-order valence-electron chi connectivity index (χ2n) is 9.19. The van der Waals surface area contributed by atoms with Gasteiger partial charge in [-0.05, 0) is 18.9 Å². The van der Waals surface area contributed by atoms with Gasteiger partial charge in [-0.15, -0.1) is 11.6 Å². The minimum Gasteiger partial charge on any atom is -0.508 e. The van der Waals surface area contributed by atoms with E-state index in [-0.39, 0.29) is 11.7 Å². The number of rotatable bonds is 16. The number of alkyl halides is 1. The van der Waals surface area contributed by atoms with Gasteiger partial charge in [0.25, 0.3) is 0 Å². The summed E-state index contributed by atoms with van der Waals surface area (Å²) in [5.41, 5.74) is 0.873. The third kappa shape index (κ3) is 8.31. The zero-order valence-electron chi connectivity index (χ0n) is 19.4. The lowest BCUT2D eigenvalue weighted by atomic mass is 9.81. The molecule has 6 heteroatoms. The van der Waals surface area contributed by atoms with Crippen LogP contribution < -0.4 is 4.74 Å². The molecule has 0 amide bonds. The van der Waals surface area contributed by atoms with Crippen LogP contribution in [0.25, 0.3) is 0 Å². The number of phenols is 1. The number of carboxylic acid groups (broad SMARTS) is 1. The Bertz CT molecular complexity index is 735. The Hall–Kier alpha value is -1.75. The highest BCUT2D eigenvalue weighted by Crippen LogP contribution is 2.47. The van der Waals surface area contributed by atoms with Crippen LogP contribution in [0.1, 0.15) is 115 Å². The number of fused-ring (bicyclic) bond motifs is 1. The molecule has 2 atom stereocenters. The van der Waals surface area contributed by atoms with E-state index in [4.69, 9.17) is 21.4 Å². The van der Waals surface area contributed by atoms with E-state index in [0.29, 0.717) is 18.6 Å². The van der Waals surface area contributed by atoms with Gasteiger partial charge in [0, 0.05) is 24.0 Å². The number of benzene rings is 1. The molecule has 1 heterocycles. The van der Waals surface area contributed by atoms with Crippen LogP contribution in [-0.4, -0.2) is 27.0 Å². The predicted octanol–water partition coefficient (Wildman–Crippen LogP) is 7.33. The minimum absolute atomic E-state index is 0.0822. The van der Waals surface area contributed by atoms with Crippen molar-refractivity contribution >= 4 is 23.5 Å². The van der Waals surface area contributed by atoms with E-state index in [0.717, 1.165) is 44.1 Å². The number of aliphatic carboxylic acids is 1. The number of halogens is 1. The van der Waals surface area contributed by atoms with Crippen LogP contribution in [0.15, 0.2) is 18.2 Å². The number of carbonyl (C=O) groups excluding carboxylic acids is 1. The summed E-state index contributed by atoms with van der Waals surface area (Å²) in [7, 11) is 0. The molecule has 0 bridgehead atoms. The van der Waals surface area contributed by atoms with Gasteiger partial charge in [0.1, 0.15) is 16.4 Å². The summed E-state index contributed by atoms with van der Waals surface area (Å²) in [6.45, 7) is 1.96. The molecule has 32 heavy (non-hydrogen) atoms. The predicted molar refractivity (Wildman–Crippen MR) is 128 cm³/mol. The molecule has 1 aromatic carbocycles. The van der Waals surface area contributed by atoms with Gasteiger partial charge in [-0.25, -0.2) is 4.79 Å². The monoisotopic (exact) mass is 466 g/mol. The fourth-order valence-corrected chi connectivity index (χ4v) is 4.79. The van der Waals surface area contributed by atoms with E-state index < -0.39 is 16.8 Å². The molecule has 180 valence electrons. The van der Waals surface area contributed by atoms with Crippen LogP contribution in [-0.2, 0) is 9.59 Å². The highest BCUT2D eigenvalue weighted by molar-refractivity contribution is 6.35. The Kier molecular flexibility index (Phi) is 11.4. The quantitative estimate of drug-likeness (QED) is 0.115. The van der Waals surface area contributed by atoms with Crippen molar-refractivity contribution in [2.24, 2.45) is 0 Å². The van der Waals surface area contributed by atoms with Crippen LogP contribution in [0, 0.1) is 0 Å². The molecule has 0 saturated heterocycles. The standard InChI is InChI=1S/C26H39ClO5/c1-20-22-17-16-21(28)19-23(22)32-25(31)26(20,27)18-14-12-10-8-6-4-2-3-5-7-9-11-13-15-24(29)30/h16-17,19-20,28H,2-15,18H2,1H3,(H,29,30). The third-order valence-corrected chi connectivity index (χ3v) is 7.29. The summed E-state index contributed by atoms with van der Waals surface area (Å²) in [6, 6.07) is 4.87. The summed E-state index contributed by atoms with van der Waals surface area (Å²) in [6.07, 6.45) is 15.7. The van der Waals surface area contributed by atoms with Crippen LogP contribution in [0.5, 0.6) is 11.5 Å². The molecule has 0 radical (unpaired) electrons. The van der Waals surface area contributed by atoms with Crippen molar-refractivity contribution in [3.63, 3.8) is 0 Å². The highest BCUT2D eigenvalue weighted by Gasteiger charge is 2.48. The fourth-order valence-electron chi connectivity index (χ4n) is 4.50. The molecule has 2 unspecified atom stereocenters. The zero-order valence-corrected chi connectivity index (χ0v) is 20.2. The van der Waals surface area contributed by atoms with Gasteiger partial charge < -0.3 is 14.9 Å². The van der Waals surface area contributed by atoms with Crippen LogP contribution in [0.4, 0.5) is 0 Å². The van der Waals surface area contributed by atoms with Gasteiger partial charge in [0.05, 0.1) is 0 Å². The molecule has 1 aliphatic rings. The molecule has 2 N–H and O–H groups in total. The summed E-state index contributed by atoms with van der Waals surface area (Å²) in [4.78, 5) is 22.0. The maximum atomic E-state index is 12.5. The molecule has 5 nitrogen and oxygen atoms in total. The van der Waals surface area contributed by atoms with E-state index in [2.05, 4.69) is 0 Å². The van der Waals surface area contributed by atoms with Gasteiger partial charge in [-0.3, -0.25) is 4.79 Å². The van der Waals surface area contributed by atoms with E-state index >= 15 is 0 Å². The SMILES string of the molecule is CC1c2ccc(O)cc2OC(=O)C1(Cl)CCCCCCCCCCCCCCCC(=O)O. The van der Waals surface area contributed by atoms with Crippen LogP contribution >= 0.6 is 11.6 Å². The number of hydrogen-bond acceptors (Lipinski definition) is 4. The largest absolute Gasteiger partial charge is 0.508 e. The number of carbonyl (C=O) groups is 2. The van der Waals surface area contributed by atoms with Gasteiger partial charge in [-0.1, -0.05) is 90.0 Å². The molecule has 1 aromatic rings. The molecule has 0 fully saturated rings. The first-order valence-electron chi connectivity index (χ1n) is 12.3. The summed E-state index contributed by atoms with van der Waals surface area (Å²) in [5, 5.41) is 18.2. The lowest BCUT2D eigenvalue weighted by Gasteiger charge is -2.36. The highest BCUT2D eigenvalue weighted by atomic mass is 35.5. The number of carboxylic acids is 1. The normalized spacial score (nSPS) is 20.1. The molecule has 0 aliphatic carbocycles. The molecule has 1 aliphatic heterocycles. The lowest BCUT2D eigenvalue weighted by molar-refractivity contribution is -0.140. The summed E-state index contributed by atoms with van der Waals surface area (Å²) >= 11 is 6.75. The van der Waals surface area contributed by atoms with Crippen molar-refractivity contribution in [1.29, 1.82) is 0 Å².